The fourth-order valence-corrected chi connectivity index (χ4v) is 3.32. The number of amides is 3. The van der Waals surface area contributed by atoms with Gasteiger partial charge >= 0.3 is 6.03 Å². The monoisotopic (exact) mass is 401 g/mol. The van der Waals surface area contributed by atoms with Crippen LogP contribution in [0.3, 0.4) is 0 Å². The van der Waals surface area contributed by atoms with Crippen LogP contribution >= 0.6 is 11.6 Å². The zero-order chi connectivity index (χ0) is 20.3. The van der Waals surface area contributed by atoms with E-state index < -0.39 is 0 Å². The van der Waals surface area contributed by atoms with Crippen molar-refractivity contribution in [2.75, 3.05) is 37.0 Å². The Morgan fingerprint density at radius 3 is 2.54 bits per heavy atom. The van der Waals surface area contributed by atoms with Crippen LogP contribution in [-0.4, -0.2) is 43.6 Å². The van der Waals surface area contributed by atoms with Gasteiger partial charge < -0.3 is 15.0 Å². The predicted octanol–water partition coefficient (Wildman–Crippen LogP) is 4.35. The lowest BCUT2D eigenvalue weighted by molar-refractivity contribution is -0.116. The smallest absolute Gasteiger partial charge is 0.325 e. The van der Waals surface area contributed by atoms with E-state index >= 15 is 0 Å². The second kappa shape index (κ2) is 8.52. The maximum Gasteiger partial charge on any atom is 0.325 e. The summed E-state index contributed by atoms with van der Waals surface area (Å²) in [5.41, 5.74) is 2.55. The molecule has 1 aliphatic rings. The van der Waals surface area contributed by atoms with E-state index in [9.17, 15) is 9.59 Å². The van der Waals surface area contributed by atoms with E-state index in [-0.39, 0.29) is 18.5 Å². The average Bonchev–Trinajstić information content (AvgIpc) is 3.02. The van der Waals surface area contributed by atoms with Crippen LogP contribution in [-0.2, 0) is 4.79 Å². The molecule has 0 aliphatic carbocycles. The molecule has 0 unspecified atom stereocenters. The van der Waals surface area contributed by atoms with Crippen LogP contribution in [0, 0.1) is 0 Å². The van der Waals surface area contributed by atoms with Crippen LogP contribution in [0.2, 0.25) is 5.02 Å². The van der Waals surface area contributed by atoms with Crippen molar-refractivity contribution in [1.29, 1.82) is 0 Å². The van der Waals surface area contributed by atoms with Crippen molar-refractivity contribution in [3.63, 3.8) is 0 Å². The molecule has 7 heteroatoms. The number of carbonyl (C=O) groups is 2. The van der Waals surface area contributed by atoms with E-state index in [4.69, 9.17) is 16.3 Å². The molecule has 3 amide bonds. The van der Waals surface area contributed by atoms with Gasteiger partial charge in [-0.05, 0) is 41.8 Å². The Balaban J connectivity index is 1.63. The van der Waals surface area contributed by atoms with Gasteiger partial charge in [-0.2, -0.15) is 0 Å². The van der Waals surface area contributed by atoms with E-state index in [0.717, 1.165) is 5.69 Å². The standard InChI is InChI=1S/C21H24ClN3O3/c1-14(2)15-4-7-17(8-5-15)25-11-10-24(21(25)27)13-20(26)23-18-12-16(22)6-9-19(18)28-3/h4-9,12,14H,10-11,13H2,1-3H3,(H,23,26). The number of nitrogens with zero attached hydrogens (tertiary/aromatic N) is 2. The van der Waals surface area contributed by atoms with Gasteiger partial charge in [0.1, 0.15) is 12.3 Å². The van der Waals surface area contributed by atoms with Crippen molar-refractivity contribution in [3.8, 4) is 5.75 Å². The lowest BCUT2D eigenvalue weighted by Crippen LogP contribution is -2.37. The number of nitrogens with one attached hydrogen (secondary N) is 1. The van der Waals surface area contributed by atoms with E-state index in [1.165, 1.54) is 17.6 Å². The number of ether oxygens (including phenoxy) is 1. The van der Waals surface area contributed by atoms with Gasteiger partial charge in [0, 0.05) is 23.8 Å². The maximum atomic E-state index is 12.7. The molecule has 3 rings (SSSR count). The summed E-state index contributed by atoms with van der Waals surface area (Å²) in [6.45, 7) is 5.27. The van der Waals surface area contributed by atoms with Crippen LogP contribution in [0.15, 0.2) is 42.5 Å². The number of urea groups is 1. The summed E-state index contributed by atoms with van der Waals surface area (Å²) in [5.74, 6) is 0.648. The van der Waals surface area contributed by atoms with Crippen LogP contribution in [0.5, 0.6) is 5.75 Å². The molecule has 1 heterocycles. The van der Waals surface area contributed by atoms with Crippen LogP contribution in [0.4, 0.5) is 16.2 Å². The summed E-state index contributed by atoms with van der Waals surface area (Å²) in [6.07, 6.45) is 0. The Bertz CT molecular complexity index is 868. The first-order valence-corrected chi connectivity index (χ1v) is 9.56. The van der Waals surface area contributed by atoms with E-state index in [1.54, 1.807) is 23.1 Å². The zero-order valence-electron chi connectivity index (χ0n) is 16.2. The van der Waals surface area contributed by atoms with Gasteiger partial charge in [-0.3, -0.25) is 9.69 Å². The number of hydrogen-bond acceptors (Lipinski definition) is 3. The number of benzene rings is 2. The second-order valence-electron chi connectivity index (χ2n) is 6.99. The number of carbonyl (C=O) groups excluding carboxylic acids is 2. The fourth-order valence-electron chi connectivity index (χ4n) is 3.15. The minimum absolute atomic E-state index is 0.0327. The number of halogens is 1. The number of hydrogen-bond donors (Lipinski definition) is 1. The van der Waals surface area contributed by atoms with Crippen LogP contribution in [0.25, 0.3) is 0 Å². The molecule has 0 aromatic heterocycles. The van der Waals surface area contributed by atoms with Crippen molar-refractivity contribution in [2.45, 2.75) is 19.8 Å². The topological polar surface area (TPSA) is 61.9 Å². The molecule has 0 atom stereocenters. The van der Waals surface area contributed by atoms with Gasteiger partial charge in [0.25, 0.3) is 0 Å². The predicted molar refractivity (Wildman–Crippen MR) is 111 cm³/mol. The van der Waals surface area contributed by atoms with Gasteiger partial charge in [0.2, 0.25) is 5.91 Å². The minimum atomic E-state index is -0.300. The lowest BCUT2D eigenvalue weighted by atomic mass is 10.0. The number of anilines is 2. The normalized spacial score (nSPS) is 14.0. The largest absolute Gasteiger partial charge is 0.495 e. The Labute approximate surface area is 170 Å². The first-order chi connectivity index (χ1) is 13.4. The van der Waals surface area contributed by atoms with Gasteiger partial charge in [0.05, 0.1) is 12.8 Å². The average molecular weight is 402 g/mol. The van der Waals surface area contributed by atoms with Crippen molar-refractivity contribution in [1.82, 2.24) is 4.90 Å². The molecule has 1 aliphatic heterocycles. The fraction of sp³-hybridized carbons (Fsp3) is 0.333. The van der Waals surface area contributed by atoms with Crippen molar-refractivity contribution >= 4 is 34.9 Å². The van der Waals surface area contributed by atoms with Crippen molar-refractivity contribution in [2.24, 2.45) is 0 Å². The summed E-state index contributed by atoms with van der Waals surface area (Å²) in [5, 5.41) is 3.25. The number of rotatable bonds is 6. The first kappa shape index (κ1) is 20.0. The first-order valence-electron chi connectivity index (χ1n) is 9.19. The van der Waals surface area contributed by atoms with E-state index in [1.807, 2.05) is 24.3 Å². The highest BCUT2D eigenvalue weighted by Crippen LogP contribution is 2.28. The summed E-state index contributed by atoms with van der Waals surface area (Å²) in [4.78, 5) is 28.4. The minimum Gasteiger partial charge on any atom is -0.495 e. The molecular formula is C21H24ClN3O3. The summed E-state index contributed by atoms with van der Waals surface area (Å²) in [7, 11) is 1.52. The van der Waals surface area contributed by atoms with Gasteiger partial charge in [0.15, 0.2) is 0 Å². The SMILES string of the molecule is COc1ccc(Cl)cc1NC(=O)CN1CCN(c2ccc(C(C)C)cc2)C1=O. The second-order valence-corrected chi connectivity index (χ2v) is 7.43. The lowest BCUT2D eigenvalue weighted by Gasteiger charge is -2.19. The van der Waals surface area contributed by atoms with Crippen molar-refractivity contribution in [3.05, 3.63) is 53.1 Å². The molecule has 1 N–H and O–H groups in total. The Morgan fingerprint density at radius 1 is 1.18 bits per heavy atom. The molecule has 0 bridgehead atoms. The highest BCUT2D eigenvalue weighted by Gasteiger charge is 2.31. The van der Waals surface area contributed by atoms with E-state index in [2.05, 4.69) is 19.2 Å². The van der Waals surface area contributed by atoms with Gasteiger partial charge in [-0.15, -0.1) is 0 Å². The molecule has 1 fully saturated rings. The molecule has 28 heavy (non-hydrogen) atoms. The highest BCUT2D eigenvalue weighted by atomic mass is 35.5. The Kier molecular flexibility index (Phi) is 6.09. The highest BCUT2D eigenvalue weighted by molar-refractivity contribution is 6.31. The molecule has 0 saturated carbocycles. The van der Waals surface area contributed by atoms with Crippen LogP contribution < -0.4 is 15.0 Å². The van der Waals surface area contributed by atoms with Crippen LogP contribution in [0.1, 0.15) is 25.3 Å². The quantitative estimate of drug-likeness (QED) is 0.782. The molecule has 148 valence electrons. The molecule has 0 radical (unpaired) electrons. The van der Waals surface area contributed by atoms with Gasteiger partial charge in [-0.1, -0.05) is 37.6 Å². The number of methoxy groups -OCH3 is 1. The molecular weight excluding hydrogens is 378 g/mol. The van der Waals surface area contributed by atoms with Gasteiger partial charge in [-0.25, -0.2) is 4.79 Å². The summed E-state index contributed by atoms with van der Waals surface area (Å²) >= 11 is 5.99. The zero-order valence-corrected chi connectivity index (χ0v) is 17.0. The third-order valence-electron chi connectivity index (χ3n) is 4.74. The Morgan fingerprint density at radius 2 is 1.89 bits per heavy atom. The Hall–Kier alpha value is -2.73. The molecule has 1 saturated heterocycles. The molecule has 2 aromatic rings. The van der Waals surface area contributed by atoms with Crippen molar-refractivity contribution < 1.29 is 14.3 Å². The molecule has 6 nitrogen and oxygen atoms in total. The third kappa shape index (κ3) is 4.39. The molecule has 0 spiro atoms. The van der Waals surface area contributed by atoms with E-state index in [0.29, 0.717) is 35.5 Å². The summed E-state index contributed by atoms with van der Waals surface area (Å²) < 4.78 is 5.23. The maximum absolute atomic E-state index is 12.7. The molecule has 2 aromatic carbocycles. The summed E-state index contributed by atoms with van der Waals surface area (Å²) in [6, 6.07) is 12.8. The third-order valence-corrected chi connectivity index (χ3v) is 4.97.